The average molecular weight is 131 g/mol. The molecule has 56 valence electrons. The Morgan fingerprint density at radius 1 is 1.33 bits per heavy atom. The van der Waals surface area contributed by atoms with Crippen LogP contribution in [0.25, 0.3) is 0 Å². The van der Waals surface area contributed by atoms with Gasteiger partial charge in [-0.2, -0.15) is 0 Å². The molecule has 0 rings (SSSR count). The predicted molar refractivity (Wildman–Crippen MR) is 39.4 cm³/mol. The van der Waals surface area contributed by atoms with Crippen molar-refractivity contribution in [2.24, 2.45) is 5.92 Å². The molecule has 0 saturated heterocycles. The van der Waals surface area contributed by atoms with Gasteiger partial charge in [-0.15, -0.1) is 0 Å². The molecular formula is C7H17NO. The van der Waals surface area contributed by atoms with Gasteiger partial charge in [0.25, 0.3) is 0 Å². The van der Waals surface area contributed by atoms with Crippen molar-refractivity contribution in [3.63, 3.8) is 0 Å². The van der Waals surface area contributed by atoms with Gasteiger partial charge in [-0.3, -0.25) is 0 Å². The lowest BCUT2D eigenvalue weighted by atomic mass is 10.2. The van der Waals surface area contributed by atoms with E-state index in [1.54, 1.807) is 0 Å². The van der Waals surface area contributed by atoms with Crippen LogP contribution in [0.4, 0.5) is 0 Å². The average Bonchev–Trinajstić information content (AvgIpc) is 1.83. The molecule has 0 fully saturated rings. The Bertz CT molecular complexity index is 63.9. The van der Waals surface area contributed by atoms with E-state index < -0.39 is 0 Å². The molecule has 0 amide bonds. The topological polar surface area (TPSA) is 32.3 Å². The lowest BCUT2D eigenvalue weighted by Gasteiger charge is -2.11. The number of hydrogen-bond donors (Lipinski definition) is 2. The molecule has 0 heterocycles. The molecule has 0 bridgehead atoms. The van der Waals surface area contributed by atoms with E-state index in [2.05, 4.69) is 19.2 Å². The molecule has 0 aromatic heterocycles. The van der Waals surface area contributed by atoms with Crippen LogP contribution in [-0.4, -0.2) is 24.3 Å². The molecule has 2 nitrogen and oxygen atoms in total. The first-order valence-corrected chi connectivity index (χ1v) is 3.51. The van der Waals surface area contributed by atoms with Gasteiger partial charge in [-0.05, 0) is 19.4 Å². The van der Waals surface area contributed by atoms with Crippen LogP contribution in [0.5, 0.6) is 0 Å². The van der Waals surface area contributed by atoms with E-state index in [0.717, 1.165) is 6.54 Å². The highest BCUT2D eigenvalue weighted by Crippen LogP contribution is 1.88. The second-order valence-electron chi connectivity index (χ2n) is 2.89. The van der Waals surface area contributed by atoms with Crippen molar-refractivity contribution in [2.45, 2.75) is 26.8 Å². The molecule has 0 aromatic carbocycles. The minimum absolute atomic E-state index is 0.229. The Morgan fingerprint density at radius 2 is 1.89 bits per heavy atom. The van der Waals surface area contributed by atoms with Gasteiger partial charge in [0, 0.05) is 6.04 Å². The van der Waals surface area contributed by atoms with Gasteiger partial charge in [0.2, 0.25) is 0 Å². The Morgan fingerprint density at radius 3 is 2.22 bits per heavy atom. The van der Waals surface area contributed by atoms with Crippen LogP contribution in [0.1, 0.15) is 20.8 Å². The summed E-state index contributed by atoms with van der Waals surface area (Å²) < 4.78 is 0. The Hall–Kier alpha value is -0.0800. The normalized spacial score (nSPS) is 14.3. The van der Waals surface area contributed by atoms with Gasteiger partial charge in [0.15, 0.2) is 0 Å². The summed E-state index contributed by atoms with van der Waals surface area (Å²) in [6.07, 6.45) is 0. The van der Waals surface area contributed by atoms with E-state index >= 15 is 0 Å². The van der Waals surface area contributed by atoms with E-state index in [-0.39, 0.29) is 12.6 Å². The lowest BCUT2D eigenvalue weighted by molar-refractivity contribution is 0.248. The van der Waals surface area contributed by atoms with E-state index in [4.69, 9.17) is 5.11 Å². The molecule has 0 spiro atoms. The Labute approximate surface area is 57.3 Å². The minimum Gasteiger partial charge on any atom is -0.395 e. The van der Waals surface area contributed by atoms with Gasteiger partial charge in [0.1, 0.15) is 0 Å². The summed E-state index contributed by atoms with van der Waals surface area (Å²) in [5.41, 5.74) is 0. The Balaban J connectivity index is 3.06. The fraction of sp³-hybridized carbons (Fsp3) is 1.00. The van der Waals surface area contributed by atoms with Crippen molar-refractivity contribution < 1.29 is 5.11 Å². The van der Waals surface area contributed by atoms with E-state index in [0.29, 0.717) is 5.92 Å². The highest BCUT2D eigenvalue weighted by Gasteiger charge is 1.98. The zero-order valence-electron chi connectivity index (χ0n) is 6.52. The highest BCUT2D eigenvalue weighted by molar-refractivity contribution is 4.58. The first-order chi connectivity index (χ1) is 4.16. The van der Waals surface area contributed by atoms with Gasteiger partial charge < -0.3 is 10.4 Å². The van der Waals surface area contributed by atoms with Crippen LogP contribution in [0, 0.1) is 5.92 Å². The molecule has 0 aliphatic carbocycles. The molecule has 1 unspecified atom stereocenters. The summed E-state index contributed by atoms with van der Waals surface area (Å²) in [4.78, 5) is 0. The van der Waals surface area contributed by atoms with Crippen molar-refractivity contribution >= 4 is 0 Å². The van der Waals surface area contributed by atoms with Gasteiger partial charge in [-0.25, -0.2) is 0 Å². The third kappa shape index (κ3) is 5.80. The predicted octanol–water partition coefficient (Wildman–Crippen LogP) is 0.613. The smallest absolute Gasteiger partial charge is 0.0581 e. The van der Waals surface area contributed by atoms with E-state index in [9.17, 15) is 0 Å². The summed E-state index contributed by atoms with van der Waals surface area (Å²) in [6.45, 7) is 7.49. The molecule has 1 atom stereocenters. The Kier molecular flexibility index (Phi) is 4.72. The maximum Gasteiger partial charge on any atom is 0.0581 e. The SMILES string of the molecule is CC(C)CNC(C)CO. The quantitative estimate of drug-likeness (QED) is 0.586. The molecule has 0 radical (unpaired) electrons. The van der Waals surface area contributed by atoms with Gasteiger partial charge >= 0.3 is 0 Å². The number of hydrogen-bond acceptors (Lipinski definition) is 2. The summed E-state index contributed by atoms with van der Waals surface area (Å²) in [5.74, 6) is 0.666. The molecular weight excluding hydrogens is 114 g/mol. The van der Waals surface area contributed by atoms with Crippen molar-refractivity contribution in [3.05, 3.63) is 0 Å². The lowest BCUT2D eigenvalue weighted by Crippen LogP contribution is -2.32. The fourth-order valence-corrected chi connectivity index (χ4v) is 0.501. The molecule has 0 aromatic rings. The number of rotatable bonds is 4. The van der Waals surface area contributed by atoms with Crippen LogP contribution in [0.2, 0.25) is 0 Å². The second-order valence-corrected chi connectivity index (χ2v) is 2.89. The zero-order valence-corrected chi connectivity index (χ0v) is 6.52. The molecule has 2 N–H and O–H groups in total. The van der Waals surface area contributed by atoms with Crippen molar-refractivity contribution in [1.29, 1.82) is 0 Å². The van der Waals surface area contributed by atoms with Gasteiger partial charge in [0.05, 0.1) is 6.61 Å². The maximum absolute atomic E-state index is 8.59. The second kappa shape index (κ2) is 4.77. The van der Waals surface area contributed by atoms with Crippen LogP contribution >= 0.6 is 0 Å². The number of aliphatic hydroxyl groups excluding tert-OH is 1. The van der Waals surface area contributed by atoms with Crippen LogP contribution < -0.4 is 5.32 Å². The van der Waals surface area contributed by atoms with Crippen LogP contribution in [-0.2, 0) is 0 Å². The minimum atomic E-state index is 0.229. The van der Waals surface area contributed by atoms with Crippen molar-refractivity contribution in [1.82, 2.24) is 5.32 Å². The monoisotopic (exact) mass is 131 g/mol. The first-order valence-electron chi connectivity index (χ1n) is 3.51. The summed E-state index contributed by atoms with van der Waals surface area (Å²) in [7, 11) is 0. The number of nitrogens with one attached hydrogen (secondary N) is 1. The van der Waals surface area contributed by atoms with Crippen molar-refractivity contribution in [3.8, 4) is 0 Å². The zero-order chi connectivity index (χ0) is 7.28. The van der Waals surface area contributed by atoms with Crippen LogP contribution in [0.15, 0.2) is 0 Å². The van der Waals surface area contributed by atoms with Gasteiger partial charge in [-0.1, -0.05) is 13.8 Å². The fourth-order valence-electron chi connectivity index (χ4n) is 0.501. The molecule has 0 aliphatic rings. The van der Waals surface area contributed by atoms with E-state index in [1.807, 2.05) is 6.92 Å². The molecule has 0 aliphatic heterocycles. The van der Waals surface area contributed by atoms with E-state index in [1.165, 1.54) is 0 Å². The maximum atomic E-state index is 8.59. The number of aliphatic hydroxyl groups is 1. The van der Waals surface area contributed by atoms with Crippen LogP contribution in [0.3, 0.4) is 0 Å². The first kappa shape index (κ1) is 8.92. The summed E-state index contributed by atoms with van der Waals surface area (Å²) >= 11 is 0. The highest BCUT2D eigenvalue weighted by atomic mass is 16.3. The van der Waals surface area contributed by atoms with Crippen molar-refractivity contribution in [2.75, 3.05) is 13.2 Å². The third-order valence-corrected chi connectivity index (χ3v) is 1.15. The standard InChI is InChI=1S/C7H17NO/c1-6(2)4-8-7(3)5-9/h6-9H,4-5H2,1-3H3. The summed E-state index contributed by atoms with van der Waals surface area (Å²) in [6, 6.07) is 0.243. The molecule has 2 heteroatoms. The molecule has 9 heavy (non-hydrogen) atoms. The summed E-state index contributed by atoms with van der Waals surface area (Å²) in [5, 5.41) is 11.8. The molecule has 0 saturated carbocycles. The largest absolute Gasteiger partial charge is 0.395 e. The third-order valence-electron chi connectivity index (χ3n) is 1.15.